The summed E-state index contributed by atoms with van der Waals surface area (Å²) < 4.78 is 50.2. The average molecular weight is 483 g/mol. The molecule has 9 heteroatoms. The number of rotatable bonds is 7. The van der Waals surface area contributed by atoms with Gasteiger partial charge < -0.3 is 19.3 Å². The van der Waals surface area contributed by atoms with E-state index < -0.39 is 18.4 Å². The van der Waals surface area contributed by atoms with Gasteiger partial charge in [-0.05, 0) is 42.5 Å². The Morgan fingerprint density at radius 1 is 1.12 bits per heavy atom. The average Bonchev–Trinajstić information content (AvgIpc) is 3.26. The lowest BCUT2D eigenvalue weighted by molar-refractivity contribution is -0.186. The number of fused-ring (bicyclic) bond motifs is 2. The molecule has 0 atom stereocenters. The molecule has 2 heterocycles. The Hall–Kier alpha value is -2.29. The predicted molar refractivity (Wildman–Crippen MR) is 120 cm³/mol. The smallest absolute Gasteiger partial charge is 0.350 e. The third-order valence-corrected chi connectivity index (χ3v) is 6.19. The molecule has 33 heavy (non-hydrogen) atoms. The number of para-hydroxylation sites is 1. The van der Waals surface area contributed by atoms with Gasteiger partial charge in [0.15, 0.2) is 6.29 Å². The SMILES string of the molecule is O=C(N(CCCN1C2=CC(Cl)=CCC2=CCc2ccccc21)CCC1OCCO1)C(F)(F)F. The highest BCUT2D eigenvalue weighted by atomic mass is 35.5. The Bertz CT molecular complexity index is 968. The number of halogens is 4. The van der Waals surface area contributed by atoms with Crippen LogP contribution in [0.1, 0.15) is 24.8 Å². The summed E-state index contributed by atoms with van der Waals surface area (Å²) in [6, 6.07) is 7.97. The second-order valence-electron chi connectivity index (χ2n) is 8.14. The molecule has 0 bridgehead atoms. The molecule has 1 amide bonds. The zero-order valence-electron chi connectivity index (χ0n) is 18.1. The second-order valence-corrected chi connectivity index (χ2v) is 8.58. The molecule has 2 aliphatic heterocycles. The van der Waals surface area contributed by atoms with Gasteiger partial charge in [-0.1, -0.05) is 42.0 Å². The molecule has 0 radical (unpaired) electrons. The molecule has 0 N–H and O–H groups in total. The lowest BCUT2D eigenvalue weighted by Crippen LogP contribution is -2.43. The van der Waals surface area contributed by atoms with Gasteiger partial charge in [0.2, 0.25) is 0 Å². The summed E-state index contributed by atoms with van der Waals surface area (Å²) in [5.74, 6) is -1.83. The fraction of sp³-hybridized carbons (Fsp3) is 0.458. The van der Waals surface area contributed by atoms with Crippen molar-refractivity contribution in [3.05, 3.63) is 64.4 Å². The highest BCUT2D eigenvalue weighted by molar-refractivity contribution is 6.31. The van der Waals surface area contributed by atoms with Crippen LogP contribution in [0.15, 0.2) is 58.8 Å². The van der Waals surface area contributed by atoms with Gasteiger partial charge in [0.25, 0.3) is 0 Å². The molecule has 1 aromatic rings. The highest BCUT2D eigenvalue weighted by Gasteiger charge is 2.42. The molecule has 3 aliphatic rings. The summed E-state index contributed by atoms with van der Waals surface area (Å²) in [4.78, 5) is 15.0. The van der Waals surface area contributed by atoms with Crippen molar-refractivity contribution in [2.75, 3.05) is 37.7 Å². The van der Waals surface area contributed by atoms with Crippen molar-refractivity contribution in [2.45, 2.75) is 38.1 Å². The van der Waals surface area contributed by atoms with Gasteiger partial charge in [0, 0.05) is 42.5 Å². The number of carbonyl (C=O) groups excluding carboxylic acids is 1. The van der Waals surface area contributed by atoms with E-state index in [2.05, 4.69) is 11.0 Å². The Morgan fingerprint density at radius 3 is 2.64 bits per heavy atom. The topological polar surface area (TPSA) is 42.0 Å². The molecular formula is C24H26ClF3N2O3. The minimum Gasteiger partial charge on any atom is -0.350 e. The summed E-state index contributed by atoms with van der Waals surface area (Å²) in [6.07, 6.45) is 2.55. The number of anilines is 1. The summed E-state index contributed by atoms with van der Waals surface area (Å²) in [6.45, 7) is 1.16. The maximum absolute atomic E-state index is 13.2. The minimum atomic E-state index is -4.92. The number of ether oxygens (including phenoxy) is 2. The van der Waals surface area contributed by atoms with Gasteiger partial charge in [0.05, 0.1) is 13.2 Å². The van der Waals surface area contributed by atoms with Crippen molar-refractivity contribution in [2.24, 2.45) is 0 Å². The molecule has 1 fully saturated rings. The van der Waals surface area contributed by atoms with Crippen molar-refractivity contribution < 1.29 is 27.4 Å². The van der Waals surface area contributed by atoms with Gasteiger partial charge >= 0.3 is 12.1 Å². The van der Waals surface area contributed by atoms with Gasteiger partial charge in [-0.25, -0.2) is 0 Å². The van der Waals surface area contributed by atoms with Crippen LogP contribution < -0.4 is 4.90 Å². The van der Waals surface area contributed by atoms with Crippen LogP contribution in [0, 0.1) is 0 Å². The first-order chi connectivity index (χ1) is 15.8. The standard InChI is InChI=1S/C24H26ClF3N2O3/c25-19-9-8-18-7-6-17-4-1-2-5-20(17)30(21(18)16-19)12-3-11-29(23(31)24(26,27)28)13-10-22-32-14-15-33-22/h1-2,4-5,7,9,16,22H,3,6,8,10-15H2. The van der Waals surface area contributed by atoms with Crippen LogP contribution in [-0.4, -0.2) is 56.1 Å². The van der Waals surface area contributed by atoms with E-state index in [-0.39, 0.29) is 19.5 Å². The van der Waals surface area contributed by atoms with Crippen molar-refractivity contribution >= 4 is 23.2 Å². The maximum Gasteiger partial charge on any atom is 0.471 e. The summed E-state index contributed by atoms with van der Waals surface area (Å²) >= 11 is 6.29. The lowest BCUT2D eigenvalue weighted by Gasteiger charge is -2.32. The monoisotopic (exact) mass is 482 g/mol. The van der Waals surface area contributed by atoms with E-state index in [9.17, 15) is 18.0 Å². The third-order valence-electron chi connectivity index (χ3n) is 5.93. The summed E-state index contributed by atoms with van der Waals surface area (Å²) in [7, 11) is 0. The number of carbonyl (C=O) groups is 1. The number of nitrogens with zero attached hydrogens (tertiary/aromatic N) is 2. The minimum absolute atomic E-state index is 0.0281. The van der Waals surface area contributed by atoms with Crippen molar-refractivity contribution in [3.63, 3.8) is 0 Å². The fourth-order valence-electron chi connectivity index (χ4n) is 4.33. The molecule has 0 aromatic heterocycles. The quantitative estimate of drug-likeness (QED) is 0.552. The molecule has 0 unspecified atom stereocenters. The fourth-order valence-corrected chi connectivity index (χ4v) is 4.51. The van der Waals surface area contributed by atoms with Crippen molar-refractivity contribution in [3.8, 4) is 0 Å². The van der Waals surface area contributed by atoms with Crippen LogP contribution in [0.3, 0.4) is 0 Å². The predicted octanol–water partition coefficient (Wildman–Crippen LogP) is 4.93. The Balaban J connectivity index is 1.49. The van der Waals surface area contributed by atoms with Gasteiger partial charge in [-0.2, -0.15) is 13.2 Å². The molecule has 1 aliphatic carbocycles. The molecule has 1 aromatic carbocycles. The zero-order valence-corrected chi connectivity index (χ0v) is 18.9. The van der Waals surface area contributed by atoms with Crippen LogP contribution in [-0.2, 0) is 20.7 Å². The van der Waals surface area contributed by atoms with Crippen LogP contribution >= 0.6 is 11.6 Å². The highest BCUT2D eigenvalue weighted by Crippen LogP contribution is 2.36. The van der Waals surface area contributed by atoms with Crippen molar-refractivity contribution in [1.82, 2.24) is 4.90 Å². The Kier molecular flexibility index (Phi) is 7.46. The van der Waals surface area contributed by atoms with E-state index in [0.717, 1.165) is 33.8 Å². The van der Waals surface area contributed by atoms with E-state index in [1.807, 2.05) is 36.4 Å². The summed E-state index contributed by atoms with van der Waals surface area (Å²) in [5, 5.41) is 0.636. The molecular weight excluding hydrogens is 457 g/mol. The number of hydrogen-bond acceptors (Lipinski definition) is 4. The number of hydrogen-bond donors (Lipinski definition) is 0. The molecule has 0 spiro atoms. The molecule has 5 nitrogen and oxygen atoms in total. The normalized spacial score (nSPS) is 18.7. The van der Waals surface area contributed by atoms with Crippen molar-refractivity contribution in [1.29, 1.82) is 0 Å². The van der Waals surface area contributed by atoms with E-state index in [0.29, 0.717) is 37.6 Å². The molecule has 0 saturated carbocycles. The number of amides is 1. The number of allylic oxidation sites excluding steroid dienone is 5. The zero-order chi connectivity index (χ0) is 23.4. The van der Waals surface area contributed by atoms with E-state index >= 15 is 0 Å². The number of alkyl halides is 3. The van der Waals surface area contributed by atoms with Gasteiger partial charge in [0.1, 0.15) is 0 Å². The first-order valence-electron chi connectivity index (χ1n) is 11.0. The van der Waals surface area contributed by atoms with E-state index in [1.165, 1.54) is 0 Å². The Labute approximate surface area is 196 Å². The Morgan fingerprint density at radius 2 is 1.88 bits per heavy atom. The van der Waals surface area contributed by atoms with Gasteiger partial charge in [-0.15, -0.1) is 0 Å². The van der Waals surface area contributed by atoms with Crippen LogP contribution in [0.5, 0.6) is 0 Å². The maximum atomic E-state index is 13.2. The first kappa shape index (κ1) is 23.9. The van der Waals surface area contributed by atoms with Crippen LogP contribution in [0.25, 0.3) is 0 Å². The summed E-state index contributed by atoms with van der Waals surface area (Å²) in [5.41, 5.74) is 4.22. The molecule has 1 saturated heterocycles. The second kappa shape index (κ2) is 10.3. The van der Waals surface area contributed by atoms with E-state index in [4.69, 9.17) is 21.1 Å². The lowest BCUT2D eigenvalue weighted by atomic mass is 10.0. The van der Waals surface area contributed by atoms with Crippen LogP contribution in [0.2, 0.25) is 0 Å². The first-order valence-corrected chi connectivity index (χ1v) is 11.4. The van der Waals surface area contributed by atoms with E-state index in [1.54, 1.807) is 0 Å². The third kappa shape index (κ3) is 5.80. The van der Waals surface area contributed by atoms with Crippen LogP contribution in [0.4, 0.5) is 18.9 Å². The molecule has 178 valence electrons. The van der Waals surface area contributed by atoms with Gasteiger partial charge in [-0.3, -0.25) is 4.79 Å². The number of benzene rings is 1. The largest absolute Gasteiger partial charge is 0.471 e. The molecule has 4 rings (SSSR count).